The fourth-order valence-electron chi connectivity index (χ4n) is 3.83. The summed E-state index contributed by atoms with van der Waals surface area (Å²) in [4.78, 5) is 19.0. The fourth-order valence-corrected chi connectivity index (χ4v) is 3.83. The second kappa shape index (κ2) is 7.14. The molecule has 27 heavy (non-hydrogen) atoms. The first-order chi connectivity index (χ1) is 13.0. The maximum absolute atomic E-state index is 13.0. The van der Waals surface area contributed by atoms with Crippen LogP contribution in [-0.2, 0) is 6.54 Å². The van der Waals surface area contributed by atoms with Crippen LogP contribution < -0.4 is 0 Å². The molecule has 3 aromatic rings. The lowest BCUT2D eigenvalue weighted by molar-refractivity contribution is 0.0683. The molecule has 1 amide bonds. The van der Waals surface area contributed by atoms with E-state index in [1.165, 1.54) is 28.8 Å². The predicted molar refractivity (Wildman–Crippen MR) is 104 cm³/mol. The van der Waals surface area contributed by atoms with Crippen LogP contribution in [0.3, 0.4) is 0 Å². The fraction of sp³-hybridized carbons (Fsp3) is 0.364. The summed E-state index contributed by atoms with van der Waals surface area (Å²) >= 11 is 0. The SMILES string of the molecule is Cc1cc2ncn(CC3CCN(C(=O)c4ccc(F)cc4)CC3)c2cc1C. The molecular weight excluding hydrogens is 341 g/mol. The number of imidazole rings is 1. The van der Waals surface area contributed by atoms with Gasteiger partial charge in [-0.25, -0.2) is 9.37 Å². The van der Waals surface area contributed by atoms with Crippen molar-refractivity contribution in [2.75, 3.05) is 13.1 Å². The smallest absolute Gasteiger partial charge is 0.253 e. The third-order valence-corrected chi connectivity index (χ3v) is 5.68. The quantitative estimate of drug-likeness (QED) is 0.692. The lowest BCUT2D eigenvalue weighted by atomic mass is 9.96. The van der Waals surface area contributed by atoms with E-state index >= 15 is 0 Å². The Morgan fingerprint density at radius 3 is 2.48 bits per heavy atom. The van der Waals surface area contributed by atoms with Gasteiger partial charge in [0.05, 0.1) is 17.4 Å². The largest absolute Gasteiger partial charge is 0.339 e. The summed E-state index contributed by atoms with van der Waals surface area (Å²) in [5, 5.41) is 0. The van der Waals surface area contributed by atoms with E-state index in [-0.39, 0.29) is 11.7 Å². The predicted octanol–water partition coefficient (Wildman–Crippen LogP) is 4.34. The van der Waals surface area contributed by atoms with Gasteiger partial charge in [-0.05, 0) is 80.1 Å². The number of amides is 1. The van der Waals surface area contributed by atoms with Crippen molar-refractivity contribution in [3.63, 3.8) is 0 Å². The molecule has 1 aliphatic rings. The second-order valence-corrected chi connectivity index (χ2v) is 7.56. The summed E-state index contributed by atoms with van der Waals surface area (Å²) < 4.78 is 15.3. The maximum Gasteiger partial charge on any atom is 0.253 e. The van der Waals surface area contributed by atoms with Crippen molar-refractivity contribution in [3.8, 4) is 0 Å². The average Bonchev–Trinajstić information content (AvgIpc) is 3.04. The highest BCUT2D eigenvalue weighted by Gasteiger charge is 2.24. The Kier molecular flexibility index (Phi) is 4.68. The zero-order valence-electron chi connectivity index (χ0n) is 15.8. The minimum absolute atomic E-state index is 0.00682. The number of nitrogens with zero attached hydrogens (tertiary/aromatic N) is 3. The van der Waals surface area contributed by atoms with Crippen LogP contribution in [0.5, 0.6) is 0 Å². The molecule has 0 saturated carbocycles. The summed E-state index contributed by atoms with van der Waals surface area (Å²) in [6, 6.07) is 10.2. The van der Waals surface area contributed by atoms with E-state index in [4.69, 9.17) is 0 Å². The molecule has 140 valence electrons. The first-order valence-corrected chi connectivity index (χ1v) is 9.48. The van der Waals surface area contributed by atoms with Gasteiger partial charge in [-0.15, -0.1) is 0 Å². The van der Waals surface area contributed by atoms with Crippen LogP contribution >= 0.6 is 0 Å². The molecule has 0 N–H and O–H groups in total. The zero-order chi connectivity index (χ0) is 19.0. The highest BCUT2D eigenvalue weighted by atomic mass is 19.1. The molecule has 0 bridgehead atoms. The molecule has 2 heterocycles. The van der Waals surface area contributed by atoms with Crippen molar-refractivity contribution in [1.29, 1.82) is 0 Å². The number of halogens is 1. The Morgan fingerprint density at radius 1 is 1.11 bits per heavy atom. The van der Waals surface area contributed by atoms with E-state index in [0.29, 0.717) is 11.5 Å². The first kappa shape index (κ1) is 17.7. The molecule has 1 aliphatic heterocycles. The Morgan fingerprint density at radius 2 is 1.78 bits per heavy atom. The van der Waals surface area contributed by atoms with Gasteiger partial charge in [-0.3, -0.25) is 4.79 Å². The number of carbonyl (C=O) groups excluding carboxylic acids is 1. The molecule has 4 nitrogen and oxygen atoms in total. The van der Waals surface area contributed by atoms with Crippen LogP contribution in [0.4, 0.5) is 4.39 Å². The lowest BCUT2D eigenvalue weighted by Crippen LogP contribution is -2.39. The van der Waals surface area contributed by atoms with Crippen molar-refractivity contribution in [1.82, 2.24) is 14.5 Å². The molecule has 1 fully saturated rings. The van der Waals surface area contributed by atoms with Crippen molar-refractivity contribution in [2.45, 2.75) is 33.2 Å². The monoisotopic (exact) mass is 365 g/mol. The molecule has 4 rings (SSSR count). The topological polar surface area (TPSA) is 38.1 Å². The standard InChI is InChI=1S/C22H24FN3O/c1-15-11-20-21(12-16(15)2)26(14-24-20)13-17-7-9-25(10-8-17)22(27)18-3-5-19(23)6-4-18/h3-6,11-12,14,17H,7-10,13H2,1-2H3. The van der Waals surface area contributed by atoms with Crippen molar-refractivity contribution in [2.24, 2.45) is 5.92 Å². The third-order valence-electron chi connectivity index (χ3n) is 5.68. The molecule has 5 heteroatoms. The van der Waals surface area contributed by atoms with Crippen molar-refractivity contribution < 1.29 is 9.18 Å². The highest BCUT2D eigenvalue weighted by molar-refractivity contribution is 5.94. The first-order valence-electron chi connectivity index (χ1n) is 9.48. The zero-order valence-corrected chi connectivity index (χ0v) is 15.8. The van der Waals surface area contributed by atoms with Crippen LogP contribution in [0.2, 0.25) is 0 Å². The maximum atomic E-state index is 13.0. The number of likely N-dealkylation sites (tertiary alicyclic amines) is 1. The second-order valence-electron chi connectivity index (χ2n) is 7.56. The van der Waals surface area contributed by atoms with E-state index in [1.54, 1.807) is 12.1 Å². The average molecular weight is 365 g/mol. The number of hydrogen-bond donors (Lipinski definition) is 0. The minimum atomic E-state index is -0.316. The van der Waals surface area contributed by atoms with Crippen LogP contribution in [0.15, 0.2) is 42.7 Å². The molecule has 0 unspecified atom stereocenters. The number of carbonyl (C=O) groups is 1. The van der Waals surface area contributed by atoms with Crippen LogP contribution in [0.1, 0.15) is 34.3 Å². The number of aryl methyl sites for hydroxylation is 2. The number of aromatic nitrogens is 2. The highest BCUT2D eigenvalue weighted by Crippen LogP contribution is 2.24. The summed E-state index contributed by atoms with van der Waals surface area (Å²) in [6.07, 6.45) is 3.87. The third kappa shape index (κ3) is 3.59. The Balaban J connectivity index is 1.40. The Hall–Kier alpha value is -2.69. The normalized spacial score (nSPS) is 15.4. The van der Waals surface area contributed by atoms with Crippen LogP contribution in [0.25, 0.3) is 11.0 Å². The van der Waals surface area contributed by atoms with Gasteiger partial charge in [-0.2, -0.15) is 0 Å². The molecule has 0 spiro atoms. The number of rotatable bonds is 3. The summed E-state index contributed by atoms with van der Waals surface area (Å²) in [7, 11) is 0. The van der Waals surface area contributed by atoms with Gasteiger partial charge in [0.2, 0.25) is 0 Å². The van der Waals surface area contributed by atoms with E-state index in [0.717, 1.165) is 38.0 Å². The van der Waals surface area contributed by atoms with Crippen molar-refractivity contribution in [3.05, 3.63) is 65.2 Å². The van der Waals surface area contributed by atoms with Gasteiger partial charge in [0, 0.05) is 25.2 Å². The summed E-state index contributed by atoms with van der Waals surface area (Å²) in [6.45, 7) is 6.65. The number of benzene rings is 2. The molecule has 1 aromatic heterocycles. The lowest BCUT2D eigenvalue weighted by Gasteiger charge is -2.32. The molecule has 0 atom stereocenters. The van der Waals surface area contributed by atoms with Gasteiger partial charge in [0.25, 0.3) is 5.91 Å². The van der Waals surface area contributed by atoms with Gasteiger partial charge >= 0.3 is 0 Å². The van der Waals surface area contributed by atoms with Gasteiger partial charge in [0.1, 0.15) is 5.82 Å². The van der Waals surface area contributed by atoms with E-state index in [1.807, 2.05) is 11.2 Å². The van der Waals surface area contributed by atoms with Crippen LogP contribution in [-0.4, -0.2) is 33.4 Å². The molecular formula is C22H24FN3O. The summed E-state index contributed by atoms with van der Waals surface area (Å²) in [5.41, 5.74) is 5.33. The number of fused-ring (bicyclic) bond motifs is 1. The molecule has 1 saturated heterocycles. The van der Waals surface area contributed by atoms with Gasteiger partial charge in [-0.1, -0.05) is 0 Å². The van der Waals surface area contributed by atoms with E-state index in [9.17, 15) is 9.18 Å². The summed E-state index contributed by atoms with van der Waals surface area (Å²) in [5.74, 6) is 0.206. The molecule has 0 radical (unpaired) electrons. The van der Waals surface area contributed by atoms with Crippen molar-refractivity contribution >= 4 is 16.9 Å². The van der Waals surface area contributed by atoms with Gasteiger partial charge < -0.3 is 9.47 Å². The molecule has 2 aromatic carbocycles. The number of hydrogen-bond acceptors (Lipinski definition) is 2. The Bertz CT molecular complexity index is 969. The van der Waals surface area contributed by atoms with E-state index < -0.39 is 0 Å². The Labute approximate surface area is 158 Å². The minimum Gasteiger partial charge on any atom is -0.339 e. The molecule has 0 aliphatic carbocycles. The van der Waals surface area contributed by atoms with E-state index in [2.05, 4.69) is 35.5 Å². The number of piperidine rings is 1. The van der Waals surface area contributed by atoms with Crippen LogP contribution in [0, 0.1) is 25.6 Å². The van der Waals surface area contributed by atoms with Gasteiger partial charge in [0.15, 0.2) is 0 Å².